The van der Waals surface area contributed by atoms with E-state index in [2.05, 4.69) is 26.1 Å². The standard InChI is InChI=1S/C13H27N/c1-13(2,3)14-11-7-10-12-8-5-4-6-9-12/h12,14H,4-11H2,1-3H3. The summed E-state index contributed by atoms with van der Waals surface area (Å²) < 4.78 is 0. The molecule has 0 saturated heterocycles. The molecule has 14 heavy (non-hydrogen) atoms. The van der Waals surface area contributed by atoms with Crippen LogP contribution in [0.2, 0.25) is 0 Å². The van der Waals surface area contributed by atoms with Gasteiger partial charge >= 0.3 is 0 Å². The highest BCUT2D eigenvalue weighted by atomic mass is 14.9. The molecule has 0 bridgehead atoms. The molecule has 1 rings (SSSR count). The van der Waals surface area contributed by atoms with Crippen molar-refractivity contribution in [2.24, 2.45) is 5.92 Å². The van der Waals surface area contributed by atoms with Crippen molar-refractivity contribution in [1.29, 1.82) is 0 Å². The number of hydrogen-bond acceptors (Lipinski definition) is 1. The molecule has 1 aliphatic carbocycles. The van der Waals surface area contributed by atoms with Crippen molar-refractivity contribution in [1.82, 2.24) is 5.32 Å². The van der Waals surface area contributed by atoms with E-state index in [9.17, 15) is 0 Å². The third-order valence-electron chi connectivity index (χ3n) is 3.17. The Hall–Kier alpha value is -0.0400. The minimum atomic E-state index is 0.298. The zero-order valence-electron chi connectivity index (χ0n) is 10.2. The lowest BCUT2D eigenvalue weighted by atomic mass is 9.86. The van der Waals surface area contributed by atoms with E-state index >= 15 is 0 Å². The monoisotopic (exact) mass is 197 g/mol. The van der Waals surface area contributed by atoms with Crippen LogP contribution in [0.25, 0.3) is 0 Å². The second kappa shape index (κ2) is 5.75. The largest absolute Gasteiger partial charge is 0.312 e. The Morgan fingerprint density at radius 3 is 2.29 bits per heavy atom. The molecule has 1 aliphatic rings. The van der Waals surface area contributed by atoms with E-state index in [1.54, 1.807) is 0 Å². The molecule has 0 spiro atoms. The second-order valence-electron chi connectivity index (χ2n) is 5.82. The molecular formula is C13H27N. The van der Waals surface area contributed by atoms with Crippen molar-refractivity contribution in [3.63, 3.8) is 0 Å². The molecule has 0 aliphatic heterocycles. The highest BCUT2D eigenvalue weighted by Crippen LogP contribution is 2.26. The Morgan fingerprint density at radius 2 is 1.71 bits per heavy atom. The lowest BCUT2D eigenvalue weighted by Crippen LogP contribution is -2.36. The summed E-state index contributed by atoms with van der Waals surface area (Å²) in [7, 11) is 0. The van der Waals surface area contributed by atoms with Crippen LogP contribution < -0.4 is 5.32 Å². The Morgan fingerprint density at radius 1 is 1.07 bits per heavy atom. The molecule has 84 valence electrons. The minimum Gasteiger partial charge on any atom is -0.312 e. The van der Waals surface area contributed by atoms with Crippen LogP contribution in [-0.2, 0) is 0 Å². The first-order valence-electron chi connectivity index (χ1n) is 6.33. The SMILES string of the molecule is CC(C)(C)NCCCC1CCCCC1. The predicted octanol–water partition coefficient (Wildman–Crippen LogP) is 3.74. The Bertz CT molecular complexity index is 140. The molecule has 0 aromatic rings. The summed E-state index contributed by atoms with van der Waals surface area (Å²) in [6.07, 6.45) is 10.3. The van der Waals surface area contributed by atoms with Gasteiger partial charge in [0.05, 0.1) is 0 Å². The van der Waals surface area contributed by atoms with E-state index in [1.165, 1.54) is 51.5 Å². The van der Waals surface area contributed by atoms with Crippen LogP contribution in [0.5, 0.6) is 0 Å². The van der Waals surface area contributed by atoms with Gasteiger partial charge < -0.3 is 5.32 Å². The van der Waals surface area contributed by atoms with E-state index in [1.807, 2.05) is 0 Å². The van der Waals surface area contributed by atoms with E-state index in [-0.39, 0.29) is 0 Å². The third kappa shape index (κ3) is 5.64. The van der Waals surface area contributed by atoms with Crippen molar-refractivity contribution >= 4 is 0 Å². The van der Waals surface area contributed by atoms with Crippen LogP contribution >= 0.6 is 0 Å². The summed E-state index contributed by atoms with van der Waals surface area (Å²) in [6.45, 7) is 7.93. The fourth-order valence-electron chi connectivity index (χ4n) is 2.33. The zero-order chi connectivity index (χ0) is 10.4. The highest BCUT2D eigenvalue weighted by Gasteiger charge is 2.13. The van der Waals surface area contributed by atoms with Gasteiger partial charge in [-0.2, -0.15) is 0 Å². The number of hydrogen-bond donors (Lipinski definition) is 1. The summed E-state index contributed by atoms with van der Waals surface area (Å²) in [5, 5.41) is 3.56. The summed E-state index contributed by atoms with van der Waals surface area (Å²) in [5.41, 5.74) is 0.298. The average molecular weight is 197 g/mol. The van der Waals surface area contributed by atoms with Crippen LogP contribution in [0.3, 0.4) is 0 Å². The fourth-order valence-corrected chi connectivity index (χ4v) is 2.33. The fraction of sp³-hybridized carbons (Fsp3) is 1.00. The molecule has 1 saturated carbocycles. The molecule has 0 aromatic carbocycles. The predicted molar refractivity (Wildman–Crippen MR) is 63.6 cm³/mol. The van der Waals surface area contributed by atoms with Gasteiger partial charge in [-0.3, -0.25) is 0 Å². The molecule has 0 radical (unpaired) electrons. The Balaban J connectivity index is 1.97. The van der Waals surface area contributed by atoms with Gasteiger partial charge in [0.25, 0.3) is 0 Å². The van der Waals surface area contributed by atoms with Gasteiger partial charge in [-0.25, -0.2) is 0 Å². The van der Waals surface area contributed by atoms with Crippen molar-refractivity contribution < 1.29 is 0 Å². The number of nitrogens with one attached hydrogen (secondary N) is 1. The van der Waals surface area contributed by atoms with Crippen molar-refractivity contribution in [2.75, 3.05) is 6.54 Å². The molecule has 0 amide bonds. The zero-order valence-corrected chi connectivity index (χ0v) is 10.2. The van der Waals surface area contributed by atoms with Gasteiger partial charge in [-0.1, -0.05) is 32.1 Å². The maximum absolute atomic E-state index is 3.56. The summed E-state index contributed by atoms with van der Waals surface area (Å²) in [4.78, 5) is 0. The smallest absolute Gasteiger partial charge is 0.00965 e. The summed E-state index contributed by atoms with van der Waals surface area (Å²) in [5.74, 6) is 1.05. The van der Waals surface area contributed by atoms with Crippen LogP contribution in [-0.4, -0.2) is 12.1 Å². The van der Waals surface area contributed by atoms with Crippen LogP contribution in [0, 0.1) is 5.92 Å². The van der Waals surface area contributed by atoms with Gasteiger partial charge in [0, 0.05) is 5.54 Å². The van der Waals surface area contributed by atoms with Crippen molar-refractivity contribution in [3.05, 3.63) is 0 Å². The molecule has 1 N–H and O–H groups in total. The maximum Gasteiger partial charge on any atom is 0.00965 e. The van der Waals surface area contributed by atoms with E-state index in [0.717, 1.165) is 5.92 Å². The first-order valence-corrected chi connectivity index (χ1v) is 6.33. The van der Waals surface area contributed by atoms with Crippen molar-refractivity contribution in [2.45, 2.75) is 71.3 Å². The highest BCUT2D eigenvalue weighted by molar-refractivity contribution is 4.71. The van der Waals surface area contributed by atoms with E-state index in [4.69, 9.17) is 0 Å². The molecular weight excluding hydrogens is 170 g/mol. The maximum atomic E-state index is 3.56. The molecule has 0 aromatic heterocycles. The van der Waals surface area contributed by atoms with Gasteiger partial charge in [-0.05, 0) is 46.1 Å². The normalized spacial score (nSPS) is 19.9. The molecule has 0 unspecified atom stereocenters. The average Bonchev–Trinajstić information content (AvgIpc) is 2.13. The first-order chi connectivity index (χ1) is 6.58. The van der Waals surface area contributed by atoms with Gasteiger partial charge in [0.15, 0.2) is 0 Å². The summed E-state index contributed by atoms with van der Waals surface area (Å²) >= 11 is 0. The second-order valence-corrected chi connectivity index (χ2v) is 5.82. The van der Waals surface area contributed by atoms with Gasteiger partial charge in [0.2, 0.25) is 0 Å². The molecule has 1 heteroatoms. The lowest BCUT2D eigenvalue weighted by Gasteiger charge is -2.23. The molecule has 0 atom stereocenters. The van der Waals surface area contributed by atoms with E-state index < -0.39 is 0 Å². The lowest BCUT2D eigenvalue weighted by molar-refractivity contribution is 0.321. The van der Waals surface area contributed by atoms with Gasteiger partial charge in [-0.15, -0.1) is 0 Å². The minimum absolute atomic E-state index is 0.298. The van der Waals surface area contributed by atoms with Gasteiger partial charge in [0.1, 0.15) is 0 Å². The van der Waals surface area contributed by atoms with Crippen LogP contribution in [0.1, 0.15) is 65.7 Å². The molecule has 1 fully saturated rings. The van der Waals surface area contributed by atoms with E-state index in [0.29, 0.717) is 5.54 Å². The van der Waals surface area contributed by atoms with Crippen LogP contribution in [0.4, 0.5) is 0 Å². The number of rotatable bonds is 4. The quantitative estimate of drug-likeness (QED) is 0.677. The topological polar surface area (TPSA) is 12.0 Å². The first kappa shape index (κ1) is 12.0. The molecule has 0 heterocycles. The Labute approximate surface area is 89.7 Å². The van der Waals surface area contributed by atoms with Crippen molar-refractivity contribution in [3.8, 4) is 0 Å². The van der Waals surface area contributed by atoms with Crippen LogP contribution in [0.15, 0.2) is 0 Å². The molecule has 1 nitrogen and oxygen atoms in total. The summed E-state index contributed by atoms with van der Waals surface area (Å²) in [6, 6.07) is 0. The third-order valence-corrected chi connectivity index (χ3v) is 3.17. The Kier molecular flexibility index (Phi) is 4.94.